The average molecular weight is 469 g/mol. The molecule has 0 aliphatic carbocycles. The Morgan fingerprint density at radius 2 is 2.03 bits per heavy atom. The standard InChI is InChI=1S/C22H29ClN2O5S/c1-25(31(2,27)28)19-6-8-21(9-7-19)30-15-20(26)14-24-22(10-11-29-16-22)13-17-4-3-5-18(23)12-17/h3-9,12,20,24,26H,10-11,13-16H2,1-2H3. The molecule has 1 aliphatic heterocycles. The first-order chi connectivity index (χ1) is 14.7. The number of aliphatic hydroxyl groups excluding tert-OH is 1. The number of hydrogen-bond acceptors (Lipinski definition) is 6. The first-order valence-corrected chi connectivity index (χ1v) is 12.3. The van der Waals surface area contributed by atoms with Crippen LogP contribution in [-0.4, -0.2) is 64.8 Å². The van der Waals surface area contributed by atoms with Crippen molar-refractivity contribution in [1.82, 2.24) is 5.32 Å². The molecular weight excluding hydrogens is 440 g/mol. The summed E-state index contributed by atoms with van der Waals surface area (Å²) >= 11 is 6.11. The van der Waals surface area contributed by atoms with Gasteiger partial charge in [0, 0.05) is 30.8 Å². The minimum atomic E-state index is -3.31. The molecule has 0 aromatic heterocycles. The van der Waals surface area contributed by atoms with Crippen LogP contribution < -0.4 is 14.4 Å². The second kappa shape index (κ2) is 10.2. The van der Waals surface area contributed by atoms with E-state index in [2.05, 4.69) is 5.32 Å². The fourth-order valence-corrected chi connectivity index (χ4v) is 4.23. The Morgan fingerprint density at radius 1 is 1.29 bits per heavy atom. The van der Waals surface area contributed by atoms with E-state index >= 15 is 0 Å². The van der Waals surface area contributed by atoms with Gasteiger partial charge in [0.25, 0.3) is 0 Å². The first-order valence-electron chi connectivity index (χ1n) is 10.1. The number of rotatable bonds is 10. The third kappa shape index (κ3) is 6.82. The molecule has 31 heavy (non-hydrogen) atoms. The van der Waals surface area contributed by atoms with E-state index in [1.165, 1.54) is 11.4 Å². The number of ether oxygens (including phenoxy) is 2. The molecule has 2 atom stereocenters. The van der Waals surface area contributed by atoms with E-state index in [0.29, 0.717) is 36.2 Å². The topological polar surface area (TPSA) is 88.1 Å². The highest BCUT2D eigenvalue weighted by atomic mass is 35.5. The number of aliphatic hydroxyl groups is 1. The van der Waals surface area contributed by atoms with Crippen LogP contribution in [0.5, 0.6) is 5.75 Å². The number of anilines is 1. The maximum Gasteiger partial charge on any atom is 0.231 e. The number of sulfonamides is 1. The molecule has 0 spiro atoms. The van der Waals surface area contributed by atoms with Gasteiger partial charge in [-0.25, -0.2) is 8.42 Å². The van der Waals surface area contributed by atoms with Crippen LogP contribution in [0.4, 0.5) is 5.69 Å². The van der Waals surface area contributed by atoms with E-state index in [9.17, 15) is 13.5 Å². The molecule has 1 saturated heterocycles. The lowest BCUT2D eigenvalue weighted by Gasteiger charge is -2.30. The van der Waals surface area contributed by atoms with Crippen LogP contribution >= 0.6 is 11.6 Å². The number of β-amino-alcohol motifs (C(OH)–C–C–N with tert-alkyl or cyclic N) is 1. The molecule has 0 bridgehead atoms. The normalized spacial score (nSPS) is 19.9. The minimum absolute atomic E-state index is 0.113. The molecule has 1 fully saturated rings. The van der Waals surface area contributed by atoms with Gasteiger partial charge in [-0.3, -0.25) is 4.31 Å². The lowest BCUT2D eigenvalue weighted by Crippen LogP contribution is -2.51. The Morgan fingerprint density at radius 3 is 2.65 bits per heavy atom. The van der Waals surface area contributed by atoms with Gasteiger partial charge in [0.05, 0.1) is 18.6 Å². The zero-order valence-corrected chi connectivity index (χ0v) is 19.3. The summed E-state index contributed by atoms with van der Waals surface area (Å²) < 4.78 is 35.7. The number of nitrogens with zero attached hydrogens (tertiary/aromatic N) is 1. The smallest absolute Gasteiger partial charge is 0.231 e. The molecule has 1 heterocycles. The van der Waals surface area contributed by atoms with Gasteiger partial charge in [0.1, 0.15) is 18.5 Å². The zero-order chi connectivity index (χ0) is 22.5. The second-order valence-electron chi connectivity index (χ2n) is 7.96. The largest absolute Gasteiger partial charge is 0.491 e. The Hall–Kier alpha value is -1.84. The molecule has 2 aromatic carbocycles. The molecule has 2 unspecified atom stereocenters. The van der Waals surface area contributed by atoms with Crippen molar-refractivity contribution in [2.24, 2.45) is 0 Å². The van der Waals surface area contributed by atoms with Gasteiger partial charge in [-0.2, -0.15) is 0 Å². The summed E-state index contributed by atoms with van der Waals surface area (Å²) in [4.78, 5) is 0. The van der Waals surface area contributed by atoms with Crippen molar-refractivity contribution in [1.29, 1.82) is 0 Å². The summed E-state index contributed by atoms with van der Waals surface area (Å²) in [5.74, 6) is 0.558. The zero-order valence-electron chi connectivity index (χ0n) is 17.8. The van der Waals surface area contributed by atoms with Gasteiger partial charge < -0.3 is 19.9 Å². The fourth-order valence-electron chi connectivity index (χ4n) is 3.52. The number of hydrogen-bond donors (Lipinski definition) is 2. The van der Waals surface area contributed by atoms with Crippen LogP contribution in [0.3, 0.4) is 0 Å². The van der Waals surface area contributed by atoms with E-state index in [4.69, 9.17) is 21.1 Å². The second-order valence-corrected chi connectivity index (χ2v) is 10.4. The highest BCUT2D eigenvalue weighted by molar-refractivity contribution is 7.92. The Labute approximate surface area is 189 Å². The van der Waals surface area contributed by atoms with Gasteiger partial charge >= 0.3 is 0 Å². The lowest BCUT2D eigenvalue weighted by atomic mass is 9.90. The van der Waals surface area contributed by atoms with Gasteiger partial charge in [0.2, 0.25) is 10.0 Å². The summed E-state index contributed by atoms with van der Waals surface area (Å²) in [7, 11) is -1.82. The van der Waals surface area contributed by atoms with Crippen molar-refractivity contribution >= 4 is 27.3 Å². The molecule has 0 saturated carbocycles. The van der Waals surface area contributed by atoms with Crippen molar-refractivity contribution in [2.75, 3.05) is 44.0 Å². The molecule has 2 N–H and O–H groups in total. The minimum Gasteiger partial charge on any atom is -0.491 e. The summed E-state index contributed by atoms with van der Waals surface area (Å²) in [6.45, 7) is 1.72. The highest BCUT2D eigenvalue weighted by Gasteiger charge is 2.35. The Bertz CT molecular complexity index is 962. The van der Waals surface area contributed by atoms with Gasteiger partial charge in [-0.1, -0.05) is 23.7 Å². The van der Waals surface area contributed by atoms with Crippen LogP contribution in [0.15, 0.2) is 48.5 Å². The maximum absolute atomic E-state index is 11.6. The summed E-state index contributed by atoms with van der Waals surface area (Å²) in [5, 5.41) is 14.6. The van der Waals surface area contributed by atoms with Crippen molar-refractivity contribution < 1.29 is 23.0 Å². The Kier molecular flexibility index (Phi) is 7.82. The lowest BCUT2D eigenvalue weighted by molar-refractivity contribution is 0.0921. The monoisotopic (exact) mass is 468 g/mol. The maximum atomic E-state index is 11.6. The van der Waals surface area contributed by atoms with Crippen LogP contribution in [0.25, 0.3) is 0 Å². The molecular formula is C22H29ClN2O5S. The quantitative estimate of drug-likeness (QED) is 0.557. The molecule has 2 aromatic rings. The molecule has 0 radical (unpaired) electrons. The predicted octanol–water partition coefficient (Wildman–Crippen LogP) is 2.47. The molecule has 3 rings (SSSR count). The third-order valence-electron chi connectivity index (χ3n) is 5.39. The van der Waals surface area contributed by atoms with E-state index in [-0.39, 0.29) is 12.1 Å². The summed E-state index contributed by atoms with van der Waals surface area (Å²) in [6, 6.07) is 14.5. The molecule has 7 nitrogen and oxygen atoms in total. The van der Waals surface area contributed by atoms with E-state index in [0.717, 1.165) is 24.7 Å². The fraction of sp³-hybridized carbons (Fsp3) is 0.455. The third-order valence-corrected chi connectivity index (χ3v) is 6.83. The van der Waals surface area contributed by atoms with Crippen molar-refractivity contribution in [2.45, 2.75) is 24.5 Å². The van der Waals surface area contributed by atoms with Crippen molar-refractivity contribution in [3.63, 3.8) is 0 Å². The van der Waals surface area contributed by atoms with Crippen LogP contribution in [0.2, 0.25) is 5.02 Å². The predicted molar refractivity (Wildman–Crippen MR) is 123 cm³/mol. The summed E-state index contributed by atoms with van der Waals surface area (Å²) in [5.41, 5.74) is 1.42. The van der Waals surface area contributed by atoms with Crippen LogP contribution in [-0.2, 0) is 21.2 Å². The molecule has 170 valence electrons. The number of halogens is 1. The van der Waals surface area contributed by atoms with E-state index < -0.39 is 16.1 Å². The molecule has 9 heteroatoms. The van der Waals surface area contributed by atoms with Gasteiger partial charge in [0.15, 0.2) is 0 Å². The van der Waals surface area contributed by atoms with E-state index in [1.807, 2.05) is 24.3 Å². The molecule has 0 amide bonds. The summed E-state index contributed by atoms with van der Waals surface area (Å²) in [6.07, 6.45) is 2.05. The SMILES string of the molecule is CN(c1ccc(OCC(O)CNC2(Cc3cccc(Cl)c3)CCOC2)cc1)S(C)(=O)=O. The Balaban J connectivity index is 1.51. The number of nitrogens with one attached hydrogen (secondary N) is 1. The van der Waals surface area contributed by atoms with E-state index in [1.54, 1.807) is 24.3 Å². The van der Waals surface area contributed by atoms with Crippen molar-refractivity contribution in [3.05, 3.63) is 59.1 Å². The van der Waals surface area contributed by atoms with Crippen LogP contribution in [0.1, 0.15) is 12.0 Å². The highest BCUT2D eigenvalue weighted by Crippen LogP contribution is 2.25. The van der Waals surface area contributed by atoms with Gasteiger partial charge in [-0.05, 0) is 54.8 Å². The average Bonchev–Trinajstić information content (AvgIpc) is 3.18. The van der Waals surface area contributed by atoms with Gasteiger partial charge in [-0.15, -0.1) is 0 Å². The number of benzene rings is 2. The first kappa shape index (κ1) is 23.8. The van der Waals surface area contributed by atoms with Crippen LogP contribution in [0, 0.1) is 0 Å². The van der Waals surface area contributed by atoms with Crippen molar-refractivity contribution in [3.8, 4) is 5.75 Å². The molecule has 1 aliphatic rings.